The molecule has 1 heterocycles. The van der Waals surface area contributed by atoms with Crippen molar-refractivity contribution in [1.29, 1.82) is 0 Å². The molecule has 0 spiro atoms. The summed E-state index contributed by atoms with van der Waals surface area (Å²) in [5, 5.41) is 3.48. The van der Waals surface area contributed by atoms with Gasteiger partial charge in [-0.2, -0.15) is 0 Å². The van der Waals surface area contributed by atoms with E-state index in [-0.39, 0.29) is 12.4 Å². The highest BCUT2D eigenvalue weighted by atomic mass is 35.5. The summed E-state index contributed by atoms with van der Waals surface area (Å²) in [6, 6.07) is 8.36. The molecule has 4 heteroatoms. The molecule has 1 aliphatic rings. The summed E-state index contributed by atoms with van der Waals surface area (Å²) in [7, 11) is 2.21. The monoisotopic (exact) mass is 298 g/mol. The molecule has 2 rings (SSSR count). The first-order valence-corrected chi connectivity index (χ1v) is 7.39. The maximum absolute atomic E-state index is 5.69. The van der Waals surface area contributed by atoms with Crippen molar-refractivity contribution in [2.75, 3.05) is 33.3 Å². The predicted octanol–water partition coefficient (Wildman–Crippen LogP) is 2.94. The van der Waals surface area contributed by atoms with Crippen LogP contribution in [-0.4, -0.2) is 38.2 Å². The van der Waals surface area contributed by atoms with Crippen LogP contribution in [0.1, 0.15) is 25.3 Å². The Hall–Kier alpha value is -0.770. The van der Waals surface area contributed by atoms with Gasteiger partial charge in [-0.1, -0.05) is 18.2 Å². The Balaban J connectivity index is 0.00000200. The normalized spacial score (nSPS) is 18.6. The van der Waals surface area contributed by atoms with Gasteiger partial charge in [0.1, 0.15) is 5.75 Å². The molecule has 0 aliphatic carbocycles. The average molecular weight is 299 g/mol. The van der Waals surface area contributed by atoms with Gasteiger partial charge in [0.05, 0.1) is 6.61 Å². The lowest BCUT2D eigenvalue weighted by Crippen LogP contribution is -2.36. The Bertz CT molecular complexity index is 380. The lowest BCUT2D eigenvalue weighted by atomic mass is 9.99. The second-order valence-corrected chi connectivity index (χ2v) is 5.45. The predicted molar refractivity (Wildman–Crippen MR) is 86.8 cm³/mol. The van der Waals surface area contributed by atoms with Gasteiger partial charge in [0.15, 0.2) is 0 Å². The number of para-hydroxylation sites is 1. The quantitative estimate of drug-likeness (QED) is 0.874. The van der Waals surface area contributed by atoms with Crippen LogP contribution in [0.5, 0.6) is 5.75 Å². The van der Waals surface area contributed by atoms with Gasteiger partial charge >= 0.3 is 0 Å². The van der Waals surface area contributed by atoms with E-state index < -0.39 is 0 Å². The van der Waals surface area contributed by atoms with Crippen molar-refractivity contribution in [2.24, 2.45) is 5.92 Å². The van der Waals surface area contributed by atoms with Crippen LogP contribution >= 0.6 is 12.4 Å². The molecule has 0 aromatic heterocycles. The molecule has 1 aromatic carbocycles. The van der Waals surface area contributed by atoms with Gasteiger partial charge in [0.2, 0.25) is 0 Å². The Morgan fingerprint density at radius 1 is 1.35 bits per heavy atom. The van der Waals surface area contributed by atoms with Gasteiger partial charge < -0.3 is 15.0 Å². The molecular formula is C16H27ClN2O. The summed E-state index contributed by atoms with van der Waals surface area (Å²) in [6.07, 6.45) is 2.67. The third-order valence-corrected chi connectivity index (χ3v) is 3.68. The van der Waals surface area contributed by atoms with E-state index in [0.717, 1.165) is 37.9 Å². The van der Waals surface area contributed by atoms with E-state index in [2.05, 4.69) is 35.5 Å². The second-order valence-electron chi connectivity index (χ2n) is 5.45. The van der Waals surface area contributed by atoms with Crippen molar-refractivity contribution < 1.29 is 4.74 Å². The first-order chi connectivity index (χ1) is 9.29. The fourth-order valence-electron chi connectivity index (χ4n) is 2.81. The van der Waals surface area contributed by atoms with Crippen molar-refractivity contribution >= 4 is 12.4 Å². The number of piperidine rings is 1. The molecule has 3 nitrogen and oxygen atoms in total. The molecule has 1 aliphatic heterocycles. The van der Waals surface area contributed by atoms with E-state index in [0.29, 0.717) is 0 Å². The molecule has 0 saturated carbocycles. The largest absolute Gasteiger partial charge is 0.494 e. The molecule has 0 bridgehead atoms. The minimum atomic E-state index is 0. The lowest BCUT2D eigenvalue weighted by molar-refractivity contribution is 0.233. The van der Waals surface area contributed by atoms with E-state index in [1.54, 1.807) is 0 Å². The van der Waals surface area contributed by atoms with E-state index >= 15 is 0 Å². The van der Waals surface area contributed by atoms with E-state index in [1.807, 2.05) is 13.0 Å². The van der Waals surface area contributed by atoms with Crippen molar-refractivity contribution in [2.45, 2.75) is 26.3 Å². The summed E-state index contributed by atoms with van der Waals surface area (Å²) >= 11 is 0. The van der Waals surface area contributed by atoms with Crippen LogP contribution in [0.2, 0.25) is 0 Å². The second kappa shape index (κ2) is 9.22. The zero-order valence-electron chi connectivity index (χ0n) is 12.6. The van der Waals surface area contributed by atoms with Crippen molar-refractivity contribution in [1.82, 2.24) is 10.2 Å². The number of benzene rings is 1. The van der Waals surface area contributed by atoms with E-state index in [1.165, 1.54) is 24.9 Å². The SMILES string of the molecule is CCOc1ccccc1CN(C)CC1CCCNC1.Cl. The van der Waals surface area contributed by atoms with Gasteiger partial charge in [0, 0.05) is 18.7 Å². The molecule has 1 fully saturated rings. The van der Waals surface area contributed by atoms with Crippen LogP contribution < -0.4 is 10.1 Å². The molecular weight excluding hydrogens is 272 g/mol. The van der Waals surface area contributed by atoms with Crippen molar-refractivity contribution in [3.05, 3.63) is 29.8 Å². The summed E-state index contributed by atoms with van der Waals surface area (Å²) in [6.45, 7) is 7.24. The number of hydrogen-bond acceptors (Lipinski definition) is 3. The minimum Gasteiger partial charge on any atom is -0.494 e. The number of nitrogens with zero attached hydrogens (tertiary/aromatic N) is 1. The summed E-state index contributed by atoms with van der Waals surface area (Å²) in [4.78, 5) is 2.41. The highest BCUT2D eigenvalue weighted by Gasteiger charge is 2.15. The zero-order valence-corrected chi connectivity index (χ0v) is 13.4. The van der Waals surface area contributed by atoms with Gasteiger partial charge in [0.25, 0.3) is 0 Å². The molecule has 0 radical (unpaired) electrons. The van der Waals surface area contributed by atoms with Crippen LogP contribution in [0.25, 0.3) is 0 Å². The lowest BCUT2D eigenvalue weighted by Gasteiger charge is -2.28. The molecule has 1 N–H and O–H groups in total. The molecule has 20 heavy (non-hydrogen) atoms. The first kappa shape index (κ1) is 17.3. The molecule has 1 unspecified atom stereocenters. The first-order valence-electron chi connectivity index (χ1n) is 7.39. The van der Waals surface area contributed by atoms with Crippen molar-refractivity contribution in [3.63, 3.8) is 0 Å². The van der Waals surface area contributed by atoms with E-state index in [4.69, 9.17) is 4.74 Å². The summed E-state index contributed by atoms with van der Waals surface area (Å²) in [5.74, 6) is 1.82. The Kier molecular flexibility index (Phi) is 7.97. The average Bonchev–Trinajstić information content (AvgIpc) is 2.42. The van der Waals surface area contributed by atoms with Crippen LogP contribution in [0.4, 0.5) is 0 Å². The van der Waals surface area contributed by atoms with Crippen molar-refractivity contribution in [3.8, 4) is 5.75 Å². The van der Waals surface area contributed by atoms with Crippen LogP contribution in [-0.2, 0) is 6.54 Å². The summed E-state index contributed by atoms with van der Waals surface area (Å²) < 4.78 is 5.69. The zero-order chi connectivity index (χ0) is 13.5. The molecule has 1 atom stereocenters. The highest BCUT2D eigenvalue weighted by Crippen LogP contribution is 2.20. The van der Waals surface area contributed by atoms with Crippen LogP contribution in [0, 0.1) is 5.92 Å². The van der Waals surface area contributed by atoms with Gasteiger partial charge in [-0.3, -0.25) is 0 Å². The fraction of sp³-hybridized carbons (Fsp3) is 0.625. The third-order valence-electron chi connectivity index (χ3n) is 3.68. The Labute approximate surface area is 129 Å². The van der Waals surface area contributed by atoms with E-state index in [9.17, 15) is 0 Å². The smallest absolute Gasteiger partial charge is 0.123 e. The molecule has 114 valence electrons. The Morgan fingerprint density at radius 2 is 2.15 bits per heavy atom. The molecule has 0 amide bonds. The number of rotatable bonds is 6. The fourth-order valence-corrected chi connectivity index (χ4v) is 2.81. The highest BCUT2D eigenvalue weighted by molar-refractivity contribution is 5.85. The molecule has 1 saturated heterocycles. The molecule has 1 aromatic rings. The maximum Gasteiger partial charge on any atom is 0.123 e. The summed E-state index contributed by atoms with van der Waals surface area (Å²) in [5.41, 5.74) is 1.29. The van der Waals surface area contributed by atoms with Gasteiger partial charge in [-0.25, -0.2) is 0 Å². The van der Waals surface area contributed by atoms with Crippen LogP contribution in [0.15, 0.2) is 24.3 Å². The number of nitrogens with one attached hydrogen (secondary N) is 1. The Morgan fingerprint density at radius 3 is 2.85 bits per heavy atom. The van der Waals surface area contributed by atoms with Gasteiger partial charge in [-0.05, 0) is 51.9 Å². The minimum absolute atomic E-state index is 0. The standard InChI is InChI=1S/C16H26N2O.ClH/c1-3-19-16-9-5-4-8-15(16)13-18(2)12-14-7-6-10-17-11-14;/h4-5,8-9,14,17H,3,6-7,10-13H2,1-2H3;1H. The van der Waals surface area contributed by atoms with Crippen LogP contribution in [0.3, 0.4) is 0 Å². The topological polar surface area (TPSA) is 24.5 Å². The number of ether oxygens (including phenoxy) is 1. The number of hydrogen-bond donors (Lipinski definition) is 1. The third kappa shape index (κ3) is 5.31. The van der Waals surface area contributed by atoms with Gasteiger partial charge in [-0.15, -0.1) is 12.4 Å². The maximum atomic E-state index is 5.69. The number of halogens is 1.